The van der Waals surface area contributed by atoms with E-state index in [4.69, 9.17) is 0 Å². The molecule has 0 atom stereocenters. The minimum Gasteiger partial charge on any atom is -0.362 e. The fraction of sp³-hybridized carbons (Fsp3) is 0.222. The maximum Gasteiger partial charge on any atom is 0.292 e. The molecule has 1 fully saturated rings. The Morgan fingerprint density at radius 1 is 0.833 bits per heavy atom. The Morgan fingerprint density at radius 2 is 1.50 bits per heavy atom. The molecule has 182 valence electrons. The number of piperazine rings is 1. The van der Waals surface area contributed by atoms with Gasteiger partial charge in [-0.25, -0.2) is 0 Å². The molecule has 3 aromatic carbocycles. The second-order valence-corrected chi connectivity index (χ2v) is 8.78. The Labute approximate surface area is 207 Å². The summed E-state index contributed by atoms with van der Waals surface area (Å²) < 4.78 is 0. The smallest absolute Gasteiger partial charge is 0.292 e. The molecular formula is C27H24N4O5. The van der Waals surface area contributed by atoms with Crippen LogP contribution in [0.5, 0.6) is 0 Å². The first kappa shape index (κ1) is 23.2. The van der Waals surface area contributed by atoms with Gasteiger partial charge in [-0.3, -0.25) is 29.4 Å². The number of anilines is 1. The van der Waals surface area contributed by atoms with Crippen LogP contribution in [-0.4, -0.2) is 65.2 Å². The quantitative estimate of drug-likeness (QED) is 0.302. The van der Waals surface area contributed by atoms with Gasteiger partial charge in [0.1, 0.15) is 5.69 Å². The number of carbonyl (C=O) groups excluding carboxylic acids is 3. The van der Waals surface area contributed by atoms with Crippen LogP contribution in [0.15, 0.2) is 72.8 Å². The molecule has 1 saturated heterocycles. The average Bonchev–Trinajstić information content (AvgIpc) is 3.16. The summed E-state index contributed by atoms with van der Waals surface area (Å²) in [6.45, 7) is 1.95. The molecular weight excluding hydrogens is 460 g/mol. The highest BCUT2D eigenvalue weighted by atomic mass is 16.6. The zero-order valence-corrected chi connectivity index (χ0v) is 19.5. The van der Waals surface area contributed by atoms with E-state index in [1.165, 1.54) is 17.0 Å². The maximum atomic E-state index is 13.2. The summed E-state index contributed by atoms with van der Waals surface area (Å²) in [5, 5.41) is 11.4. The highest BCUT2D eigenvalue weighted by molar-refractivity contribution is 6.22. The Kier molecular flexibility index (Phi) is 6.20. The van der Waals surface area contributed by atoms with Crippen molar-refractivity contribution in [3.8, 4) is 0 Å². The molecule has 0 unspecified atom stereocenters. The van der Waals surface area contributed by atoms with Crippen molar-refractivity contribution in [2.24, 2.45) is 0 Å². The van der Waals surface area contributed by atoms with E-state index in [1.54, 1.807) is 35.2 Å². The van der Waals surface area contributed by atoms with Crippen LogP contribution in [0.4, 0.5) is 11.4 Å². The van der Waals surface area contributed by atoms with Crippen molar-refractivity contribution in [2.45, 2.75) is 6.42 Å². The molecule has 0 spiro atoms. The van der Waals surface area contributed by atoms with Gasteiger partial charge in [0.15, 0.2) is 0 Å². The van der Waals surface area contributed by atoms with Gasteiger partial charge in [0, 0.05) is 44.4 Å². The standard InChI is InChI=1S/C27H24N4O5/c32-25(29-16-14-28(15-17-29)23-8-4-5-9-24(23)31(35)36)20-10-11-21-22(18-20)27(34)30(26(21)33)13-12-19-6-2-1-3-7-19/h1-11,18H,12-17H2. The Hall–Kier alpha value is -4.53. The van der Waals surface area contributed by atoms with E-state index in [1.807, 2.05) is 35.2 Å². The van der Waals surface area contributed by atoms with Gasteiger partial charge >= 0.3 is 0 Å². The van der Waals surface area contributed by atoms with Crippen molar-refractivity contribution in [1.82, 2.24) is 9.80 Å². The third-order valence-corrected chi connectivity index (χ3v) is 6.67. The van der Waals surface area contributed by atoms with Crippen molar-refractivity contribution >= 4 is 29.1 Å². The summed E-state index contributed by atoms with van der Waals surface area (Å²) in [7, 11) is 0. The molecule has 0 aromatic heterocycles. The number of rotatable bonds is 6. The Balaban J connectivity index is 1.26. The number of hydrogen-bond donors (Lipinski definition) is 0. The lowest BCUT2D eigenvalue weighted by atomic mass is 10.0. The van der Waals surface area contributed by atoms with Crippen molar-refractivity contribution in [1.29, 1.82) is 0 Å². The van der Waals surface area contributed by atoms with Crippen molar-refractivity contribution in [2.75, 3.05) is 37.6 Å². The third kappa shape index (κ3) is 4.31. The van der Waals surface area contributed by atoms with Crippen LogP contribution < -0.4 is 4.90 Å². The number of imide groups is 1. The summed E-state index contributed by atoms with van der Waals surface area (Å²) in [5.74, 6) is -0.965. The topological polar surface area (TPSA) is 104 Å². The highest BCUT2D eigenvalue weighted by Crippen LogP contribution is 2.29. The van der Waals surface area contributed by atoms with E-state index >= 15 is 0 Å². The molecule has 3 amide bonds. The number of fused-ring (bicyclic) bond motifs is 1. The van der Waals surface area contributed by atoms with E-state index in [2.05, 4.69) is 0 Å². The molecule has 2 aliphatic heterocycles. The molecule has 0 aliphatic carbocycles. The van der Waals surface area contributed by atoms with E-state index in [0.29, 0.717) is 49.4 Å². The summed E-state index contributed by atoms with van der Waals surface area (Å²) >= 11 is 0. The average molecular weight is 485 g/mol. The lowest BCUT2D eigenvalue weighted by Gasteiger charge is -2.35. The fourth-order valence-corrected chi connectivity index (χ4v) is 4.73. The number of hydrogen-bond acceptors (Lipinski definition) is 6. The number of carbonyl (C=O) groups is 3. The minimum atomic E-state index is -0.404. The van der Waals surface area contributed by atoms with E-state index < -0.39 is 4.92 Å². The Bertz CT molecular complexity index is 1350. The number of nitrogens with zero attached hydrogens (tertiary/aromatic N) is 4. The SMILES string of the molecule is O=C(c1ccc2c(c1)C(=O)N(CCc1ccccc1)C2=O)N1CCN(c2ccccc2[N+](=O)[O-])CC1. The van der Waals surface area contributed by atoms with Gasteiger partial charge in [0.25, 0.3) is 23.4 Å². The largest absolute Gasteiger partial charge is 0.362 e. The lowest BCUT2D eigenvalue weighted by molar-refractivity contribution is -0.384. The minimum absolute atomic E-state index is 0.0379. The van der Waals surface area contributed by atoms with E-state index in [9.17, 15) is 24.5 Å². The summed E-state index contributed by atoms with van der Waals surface area (Å²) in [5.41, 5.74) is 2.51. The number of nitro groups is 1. The van der Waals surface area contributed by atoms with Gasteiger partial charge in [-0.15, -0.1) is 0 Å². The summed E-state index contributed by atoms with van der Waals surface area (Å²) in [6.07, 6.45) is 0.557. The van der Waals surface area contributed by atoms with Crippen molar-refractivity contribution in [3.05, 3.63) is 105 Å². The van der Waals surface area contributed by atoms with Gasteiger partial charge < -0.3 is 9.80 Å². The third-order valence-electron chi connectivity index (χ3n) is 6.67. The van der Waals surface area contributed by atoms with E-state index in [0.717, 1.165) is 5.56 Å². The molecule has 0 bridgehead atoms. The molecule has 2 heterocycles. The molecule has 2 aliphatic rings. The zero-order chi connectivity index (χ0) is 25.2. The van der Waals surface area contributed by atoms with E-state index in [-0.39, 0.29) is 35.5 Å². The normalized spacial score (nSPS) is 15.3. The maximum absolute atomic E-state index is 13.2. The van der Waals surface area contributed by atoms with Crippen molar-refractivity contribution < 1.29 is 19.3 Å². The first-order valence-electron chi connectivity index (χ1n) is 11.8. The predicted molar refractivity (Wildman–Crippen MR) is 133 cm³/mol. The molecule has 5 rings (SSSR count). The second-order valence-electron chi connectivity index (χ2n) is 8.78. The van der Waals surface area contributed by atoms with Gasteiger partial charge in [-0.05, 0) is 36.2 Å². The van der Waals surface area contributed by atoms with Crippen LogP contribution in [0.3, 0.4) is 0 Å². The summed E-state index contributed by atoms with van der Waals surface area (Å²) in [6, 6.07) is 20.8. The zero-order valence-electron chi connectivity index (χ0n) is 19.5. The second kappa shape index (κ2) is 9.61. The highest BCUT2D eigenvalue weighted by Gasteiger charge is 2.36. The van der Waals surface area contributed by atoms with Crippen LogP contribution in [0.25, 0.3) is 0 Å². The number of nitro benzene ring substituents is 1. The van der Waals surface area contributed by atoms with Crippen LogP contribution in [0.2, 0.25) is 0 Å². The van der Waals surface area contributed by atoms with Crippen LogP contribution in [0, 0.1) is 10.1 Å². The lowest BCUT2D eigenvalue weighted by Crippen LogP contribution is -2.49. The van der Waals surface area contributed by atoms with Gasteiger partial charge in [-0.2, -0.15) is 0 Å². The molecule has 9 heteroatoms. The van der Waals surface area contributed by atoms with Crippen LogP contribution in [-0.2, 0) is 6.42 Å². The molecule has 0 N–H and O–H groups in total. The first-order chi connectivity index (χ1) is 17.4. The molecule has 3 aromatic rings. The van der Waals surface area contributed by atoms with Crippen LogP contribution in [0.1, 0.15) is 36.6 Å². The van der Waals surface area contributed by atoms with Crippen molar-refractivity contribution in [3.63, 3.8) is 0 Å². The van der Waals surface area contributed by atoms with Gasteiger partial charge in [-0.1, -0.05) is 42.5 Å². The number of benzene rings is 3. The number of amides is 3. The molecule has 0 saturated carbocycles. The summed E-state index contributed by atoms with van der Waals surface area (Å²) in [4.78, 5) is 54.7. The Morgan fingerprint density at radius 3 is 2.22 bits per heavy atom. The first-order valence-corrected chi connectivity index (χ1v) is 11.8. The molecule has 36 heavy (non-hydrogen) atoms. The molecule has 9 nitrogen and oxygen atoms in total. The number of para-hydroxylation sites is 2. The van der Waals surface area contributed by atoms with Gasteiger partial charge in [0.2, 0.25) is 0 Å². The van der Waals surface area contributed by atoms with Crippen LogP contribution >= 0.6 is 0 Å². The fourth-order valence-electron chi connectivity index (χ4n) is 4.73. The molecule has 0 radical (unpaired) electrons. The van der Waals surface area contributed by atoms with Gasteiger partial charge in [0.05, 0.1) is 16.1 Å². The predicted octanol–water partition coefficient (Wildman–Crippen LogP) is 3.40. The monoisotopic (exact) mass is 484 g/mol.